The van der Waals surface area contributed by atoms with Crippen molar-refractivity contribution in [2.75, 3.05) is 11.1 Å². The number of hydrogen-bond acceptors (Lipinski definition) is 9. The molecule has 0 amide bonds. The fraction of sp³-hybridized carbons (Fsp3) is 0.211. The Morgan fingerprint density at radius 2 is 1.93 bits per heavy atom. The highest BCUT2D eigenvalue weighted by molar-refractivity contribution is 7.12. The van der Waals surface area contributed by atoms with Crippen molar-refractivity contribution in [1.82, 2.24) is 15.0 Å². The molecule has 0 radical (unpaired) electrons. The van der Waals surface area contributed by atoms with Crippen LogP contribution in [0.2, 0.25) is 0 Å². The lowest BCUT2D eigenvalue weighted by Crippen LogP contribution is -2.12. The summed E-state index contributed by atoms with van der Waals surface area (Å²) in [5.41, 5.74) is 7.58. The number of anilines is 3. The average molecular weight is 397 g/mol. The van der Waals surface area contributed by atoms with E-state index in [0.29, 0.717) is 4.88 Å². The Morgan fingerprint density at radius 3 is 2.68 bits per heavy atom. The summed E-state index contributed by atoms with van der Waals surface area (Å²) in [6.07, 6.45) is 0.0877. The summed E-state index contributed by atoms with van der Waals surface area (Å²) in [6.45, 7) is 1.80. The van der Waals surface area contributed by atoms with E-state index >= 15 is 0 Å². The fourth-order valence-corrected chi connectivity index (χ4v) is 3.08. The molecule has 0 atom stereocenters. The largest absolute Gasteiger partial charge is 0.457 e. The summed E-state index contributed by atoms with van der Waals surface area (Å²) < 4.78 is 5.16. The van der Waals surface area contributed by atoms with Gasteiger partial charge in [-0.2, -0.15) is 15.0 Å². The topological polar surface area (TPSA) is 120 Å². The van der Waals surface area contributed by atoms with Gasteiger partial charge in [-0.15, -0.1) is 11.3 Å². The molecule has 0 spiro atoms. The van der Waals surface area contributed by atoms with Crippen molar-refractivity contribution in [1.29, 1.82) is 0 Å². The van der Waals surface area contributed by atoms with Crippen LogP contribution in [-0.2, 0) is 16.1 Å². The zero-order valence-corrected chi connectivity index (χ0v) is 16.0. The standard InChI is InChI=1S/C19H19N5O3S/c1-12-5-2-3-6-13(12)21-19-23-16(22-18(20)24-19)11-27-17(26)9-8-14(25)15-7-4-10-28-15/h2-7,10H,8-9,11H2,1H3,(H3,20,21,22,23,24). The van der Waals surface area contributed by atoms with Crippen LogP contribution in [0.1, 0.15) is 33.9 Å². The second kappa shape index (κ2) is 9.05. The smallest absolute Gasteiger partial charge is 0.306 e. The van der Waals surface area contributed by atoms with Crippen LogP contribution in [-0.4, -0.2) is 26.7 Å². The number of nitrogens with one attached hydrogen (secondary N) is 1. The van der Waals surface area contributed by atoms with Crippen molar-refractivity contribution in [3.8, 4) is 0 Å². The number of para-hydroxylation sites is 1. The maximum absolute atomic E-state index is 11.9. The highest BCUT2D eigenvalue weighted by atomic mass is 32.1. The Labute approximate surface area is 165 Å². The fourth-order valence-electron chi connectivity index (χ4n) is 2.39. The molecule has 0 saturated carbocycles. The molecular weight excluding hydrogens is 378 g/mol. The van der Waals surface area contributed by atoms with Crippen molar-refractivity contribution < 1.29 is 14.3 Å². The van der Waals surface area contributed by atoms with Crippen molar-refractivity contribution in [2.45, 2.75) is 26.4 Å². The number of esters is 1. The molecule has 0 saturated heterocycles. The van der Waals surface area contributed by atoms with E-state index in [-0.39, 0.29) is 43.0 Å². The van der Waals surface area contributed by atoms with Gasteiger partial charge in [-0.3, -0.25) is 9.59 Å². The van der Waals surface area contributed by atoms with Crippen molar-refractivity contribution in [3.05, 3.63) is 58.0 Å². The first-order valence-corrected chi connectivity index (χ1v) is 9.44. The van der Waals surface area contributed by atoms with Gasteiger partial charge in [0.15, 0.2) is 18.2 Å². The number of benzene rings is 1. The van der Waals surface area contributed by atoms with Gasteiger partial charge in [0.1, 0.15) is 0 Å². The minimum absolute atomic E-state index is 0.00832. The number of ether oxygens (including phenoxy) is 1. The van der Waals surface area contributed by atoms with E-state index in [0.717, 1.165) is 11.3 Å². The molecule has 0 aliphatic heterocycles. The number of carbonyl (C=O) groups excluding carboxylic acids is 2. The van der Waals surface area contributed by atoms with Crippen molar-refractivity contribution in [2.24, 2.45) is 0 Å². The molecule has 1 aromatic carbocycles. The number of Topliss-reactive ketones (excluding diaryl/α,β-unsaturated/α-hetero) is 1. The highest BCUT2D eigenvalue weighted by Crippen LogP contribution is 2.18. The van der Waals surface area contributed by atoms with Crippen LogP contribution in [0.3, 0.4) is 0 Å². The first kappa shape index (κ1) is 19.4. The number of ketones is 1. The molecular formula is C19H19N5O3S. The molecule has 0 bridgehead atoms. The van der Waals surface area contributed by atoms with E-state index in [1.807, 2.05) is 36.6 Å². The van der Waals surface area contributed by atoms with E-state index in [1.54, 1.807) is 12.1 Å². The monoisotopic (exact) mass is 397 g/mol. The number of aryl methyl sites for hydroxylation is 1. The molecule has 28 heavy (non-hydrogen) atoms. The van der Waals surface area contributed by atoms with Gasteiger partial charge >= 0.3 is 5.97 Å². The van der Waals surface area contributed by atoms with Crippen LogP contribution in [0, 0.1) is 6.92 Å². The first-order valence-electron chi connectivity index (χ1n) is 8.56. The SMILES string of the molecule is Cc1ccccc1Nc1nc(N)nc(COC(=O)CCC(=O)c2cccs2)n1. The van der Waals surface area contributed by atoms with Gasteiger partial charge in [0.2, 0.25) is 11.9 Å². The third kappa shape index (κ3) is 5.34. The summed E-state index contributed by atoms with van der Waals surface area (Å²) in [6, 6.07) is 11.2. The molecule has 2 aromatic heterocycles. The highest BCUT2D eigenvalue weighted by Gasteiger charge is 2.13. The molecule has 3 N–H and O–H groups in total. The number of nitrogens with two attached hydrogens (primary N) is 1. The minimum atomic E-state index is -0.502. The van der Waals surface area contributed by atoms with Gasteiger partial charge in [-0.05, 0) is 30.0 Å². The summed E-state index contributed by atoms with van der Waals surface area (Å²) >= 11 is 1.35. The molecule has 0 fully saturated rings. The summed E-state index contributed by atoms with van der Waals surface area (Å²) in [5, 5.41) is 4.89. The lowest BCUT2D eigenvalue weighted by molar-refractivity contribution is -0.145. The molecule has 9 heteroatoms. The molecule has 8 nitrogen and oxygen atoms in total. The lowest BCUT2D eigenvalue weighted by Gasteiger charge is -2.09. The van der Waals surface area contributed by atoms with E-state index in [4.69, 9.17) is 10.5 Å². The van der Waals surface area contributed by atoms with E-state index in [9.17, 15) is 9.59 Å². The predicted octanol–water partition coefficient (Wildman–Crippen LogP) is 3.27. The third-order valence-corrected chi connectivity index (χ3v) is 4.72. The predicted molar refractivity (Wildman–Crippen MR) is 106 cm³/mol. The zero-order valence-electron chi connectivity index (χ0n) is 15.2. The molecule has 0 aliphatic rings. The number of nitrogen functional groups attached to an aromatic ring is 1. The number of carbonyl (C=O) groups is 2. The summed E-state index contributed by atoms with van der Waals surface area (Å²) in [4.78, 5) is 36.7. The molecule has 144 valence electrons. The number of nitrogens with zero attached hydrogens (tertiary/aromatic N) is 3. The van der Waals surface area contributed by atoms with Gasteiger partial charge in [0, 0.05) is 12.1 Å². The van der Waals surface area contributed by atoms with E-state index in [2.05, 4.69) is 20.3 Å². The average Bonchev–Trinajstić information content (AvgIpc) is 3.21. The van der Waals surface area contributed by atoms with Gasteiger partial charge in [0.05, 0.1) is 11.3 Å². The lowest BCUT2D eigenvalue weighted by atomic mass is 10.2. The van der Waals surface area contributed by atoms with Crippen LogP contribution in [0.25, 0.3) is 0 Å². The van der Waals surface area contributed by atoms with E-state index in [1.165, 1.54) is 11.3 Å². The zero-order chi connectivity index (χ0) is 19.9. The van der Waals surface area contributed by atoms with Gasteiger partial charge in [0.25, 0.3) is 0 Å². The second-order valence-electron chi connectivity index (χ2n) is 5.93. The number of hydrogen-bond donors (Lipinski definition) is 2. The summed E-state index contributed by atoms with van der Waals surface area (Å²) in [5.74, 6) is -0.0781. The Morgan fingerprint density at radius 1 is 1.11 bits per heavy atom. The minimum Gasteiger partial charge on any atom is -0.457 e. The molecule has 3 rings (SSSR count). The third-order valence-electron chi connectivity index (χ3n) is 3.80. The first-order chi connectivity index (χ1) is 13.5. The van der Waals surface area contributed by atoms with Crippen LogP contribution >= 0.6 is 11.3 Å². The van der Waals surface area contributed by atoms with Gasteiger partial charge in [-0.25, -0.2) is 0 Å². The molecule has 3 aromatic rings. The molecule has 2 heterocycles. The maximum Gasteiger partial charge on any atom is 0.306 e. The number of thiophene rings is 1. The Kier molecular flexibility index (Phi) is 6.28. The van der Waals surface area contributed by atoms with Crippen LogP contribution < -0.4 is 11.1 Å². The van der Waals surface area contributed by atoms with Gasteiger partial charge < -0.3 is 15.8 Å². The molecule has 0 unspecified atom stereocenters. The summed E-state index contributed by atoms with van der Waals surface area (Å²) in [7, 11) is 0. The Bertz CT molecular complexity index is 975. The van der Waals surface area contributed by atoms with E-state index < -0.39 is 5.97 Å². The quantitative estimate of drug-likeness (QED) is 0.439. The molecule has 0 aliphatic carbocycles. The van der Waals surface area contributed by atoms with Crippen LogP contribution in [0.4, 0.5) is 17.6 Å². The van der Waals surface area contributed by atoms with Gasteiger partial charge in [-0.1, -0.05) is 24.3 Å². The van der Waals surface area contributed by atoms with Crippen LogP contribution in [0.5, 0.6) is 0 Å². The van der Waals surface area contributed by atoms with Crippen LogP contribution in [0.15, 0.2) is 41.8 Å². The Balaban J connectivity index is 1.55. The maximum atomic E-state index is 11.9. The van der Waals surface area contributed by atoms with Crippen molar-refractivity contribution >= 4 is 40.7 Å². The number of rotatable bonds is 8. The second-order valence-corrected chi connectivity index (χ2v) is 6.88. The normalized spacial score (nSPS) is 10.5. The Hall–Kier alpha value is -3.33. The number of aromatic nitrogens is 3. The van der Waals surface area contributed by atoms with Crippen molar-refractivity contribution in [3.63, 3.8) is 0 Å².